The van der Waals surface area contributed by atoms with Gasteiger partial charge in [0.25, 0.3) is 5.24 Å². The zero-order valence-corrected chi connectivity index (χ0v) is 19.8. The molecule has 0 unspecified atom stereocenters. The van der Waals surface area contributed by atoms with E-state index in [4.69, 9.17) is 9.47 Å². The van der Waals surface area contributed by atoms with E-state index in [0.29, 0.717) is 28.3 Å². The van der Waals surface area contributed by atoms with E-state index in [1.807, 2.05) is 25.1 Å². The van der Waals surface area contributed by atoms with Gasteiger partial charge in [-0.15, -0.1) is 0 Å². The minimum absolute atomic E-state index is 0.208. The first-order valence-corrected chi connectivity index (χ1v) is 11.1. The van der Waals surface area contributed by atoms with Crippen LogP contribution in [-0.2, 0) is 10.2 Å². The molecule has 1 aliphatic rings. The smallest absolute Gasteiger partial charge is 0.419 e. The molecule has 0 saturated carbocycles. The molecule has 31 heavy (non-hydrogen) atoms. The second kappa shape index (κ2) is 9.46. The van der Waals surface area contributed by atoms with E-state index in [1.165, 1.54) is 11.7 Å². The molecule has 1 saturated heterocycles. The number of nitrogens with zero attached hydrogens (tertiary/aromatic N) is 4. The molecule has 0 radical (unpaired) electrons. The number of methoxy groups -OCH3 is 1. The molecule has 1 aromatic heterocycles. The lowest BCUT2D eigenvalue weighted by molar-refractivity contribution is 0.153. The van der Waals surface area contributed by atoms with Crippen molar-refractivity contribution >= 4 is 40.0 Å². The van der Waals surface area contributed by atoms with Crippen LogP contribution in [0.5, 0.6) is 5.75 Å². The Morgan fingerprint density at radius 3 is 2.45 bits per heavy atom. The average Bonchev–Trinajstić information content (AvgIpc) is 3.08. The highest BCUT2D eigenvalue weighted by Gasteiger charge is 2.28. The van der Waals surface area contributed by atoms with E-state index < -0.39 is 6.09 Å². The molecule has 2 aromatic rings. The maximum absolute atomic E-state index is 12.7. The monoisotopic (exact) mass is 449 g/mol. The Balaban J connectivity index is 1.94. The van der Waals surface area contributed by atoms with Crippen molar-refractivity contribution in [2.45, 2.75) is 33.1 Å². The molecule has 3 rings (SSSR count). The fourth-order valence-corrected chi connectivity index (χ4v) is 4.11. The second-order valence-electron chi connectivity index (χ2n) is 8.50. The van der Waals surface area contributed by atoms with Gasteiger partial charge in [-0.25, -0.2) is 18.7 Å². The molecule has 1 aromatic carbocycles. The van der Waals surface area contributed by atoms with Crippen LogP contribution in [0.25, 0.3) is 11.0 Å². The number of hydrogen-bond donors (Lipinski definition) is 1. The van der Waals surface area contributed by atoms with Gasteiger partial charge in [0.2, 0.25) is 0 Å². The van der Waals surface area contributed by atoms with Crippen molar-refractivity contribution in [2.75, 3.05) is 52.3 Å². The molecule has 9 nitrogen and oxygen atoms in total. The summed E-state index contributed by atoms with van der Waals surface area (Å²) < 4.78 is 14.3. The number of likely N-dealkylation sites (N-methyl/N-ethyl adjacent to an activating group) is 1. The van der Waals surface area contributed by atoms with Gasteiger partial charge in [0.05, 0.1) is 30.4 Å². The number of amides is 1. The Hall–Kier alpha value is -2.30. The zero-order valence-electron chi connectivity index (χ0n) is 19.0. The van der Waals surface area contributed by atoms with Gasteiger partial charge in [-0.1, -0.05) is 20.8 Å². The second-order valence-corrected chi connectivity index (χ2v) is 9.57. The number of nitrogens with one attached hydrogen (secondary N) is 1. The lowest BCUT2D eigenvalue weighted by atomic mass is 9.96. The predicted octanol–water partition coefficient (Wildman–Crippen LogP) is 3.77. The molecule has 0 atom stereocenters. The molecular formula is C21H31N5O4S. The number of fused-ring (bicyclic) bond motifs is 1. The van der Waals surface area contributed by atoms with Crippen molar-refractivity contribution in [1.29, 1.82) is 0 Å². The third-order valence-electron chi connectivity index (χ3n) is 5.01. The van der Waals surface area contributed by atoms with E-state index in [-0.39, 0.29) is 17.3 Å². The number of ether oxygens (including phenoxy) is 2. The highest BCUT2D eigenvalue weighted by atomic mass is 32.2. The third kappa shape index (κ3) is 5.31. The maximum atomic E-state index is 12.7. The number of anilines is 1. The number of rotatable bonds is 4. The predicted molar refractivity (Wildman–Crippen MR) is 123 cm³/mol. The van der Waals surface area contributed by atoms with Crippen LogP contribution in [0, 0.1) is 0 Å². The number of imidazole rings is 1. The van der Waals surface area contributed by atoms with Crippen LogP contribution in [-0.4, -0.2) is 77.0 Å². The van der Waals surface area contributed by atoms with Crippen LogP contribution >= 0.6 is 11.9 Å². The number of carbonyl (C=O) groups excluding carboxylic acids is 2. The van der Waals surface area contributed by atoms with Gasteiger partial charge in [-0.2, -0.15) is 0 Å². The molecule has 1 N–H and O–H groups in total. The summed E-state index contributed by atoms with van der Waals surface area (Å²) in [5, 5.41) is 2.70. The van der Waals surface area contributed by atoms with Gasteiger partial charge < -0.3 is 19.7 Å². The summed E-state index contributed by atoms with van der Waals surface area (Å²) in [7, 11) is 3.61. The summed E-state index contributed by atoms with van der Waals surface area (Å²) in [4.78, 5) is 32.3. The van der Waals surface area contributed by atoms with E-state index in [9.17, 15) is 9.59 Å². The van der Waals surface area contributed by atoms with E-state index >= 15 is 0 Å². The van der Waals surface area contributed by atoms with Crippen LogP contribution in [0.3, 0.4) is 0 Å². The Bertz CT molecular complexity index is 961. The maximum Gasteiger partial charge on any atom is 0.419 e. The Kier molecular flexibility index (Phi) is 7.13. The number of aromatic nitrogens is 2. The quantitative estimate of drug-likeness (QED) is 0.706. The molecular weight excluding hydrogens is 418 g/mol. The summed E-state index contributed by atoms with van der Waals surface area (Å²) in [5.41, 5.74) is 1.25. The van der Waals surface area contributed by atoms with Crippen LogP contribution in [0.2, 0.25) is 0 Å². The van der Waals surface area contributed by atoms with Gasteiger partial charge in [0.1, 0.15) is 11.6 Å². The number of hydrogen-bond acceptors (Lipinski definition) is 8. The number of piperazine rings is 1. The van der Waals surface area contributed by atoms with Crippen molar-refractivity contribution in [3.8, 4) is 5.75 Å². The van der Waals surface area contributed by atoms with E-state index in [2.05, 4.69) is 22.2 Å². The summed E-state index contributed by atoms with van der Waals surface area (Å²) in [6.07, 6.45) is -0.496. The molecule has 1 aliphatic heterocycles. The molecule has 2 heterocycles. The first kappa shape index (κ1) is 23.4. The molecule has 1 fully saturated rings. The Morgan fingerprint density at radius 1 is 1.19 bits per heavy atom. The largest absolute Gasteiger partial charge is 0.494 e. The van der Waals surface area contributed by atoms with E-state index in [0.717, 1.165) is 38.1 Å². The lowest BCUT2D eigenvalue weighted by Crippen LogP contribution is -2.41. The molecule has 0 spiro atoms. The van der Waals surface area contributed by atoms with Crippen molar-refractivity contribution in [3.05, 3.63) is 18.0 Å². The Labute approximate surface area is 187 Å². The number of carbonyl (C=O) groups is 2. The normalized spacial score (nSPS) is 15.8. The van der Waals surface area contributed by atoms with Crippen LogP contribution in [0.15, 0.2) is 12.1 Å². The highest BCUT2D eigenvalue weighted by Crippen LogP contribution is 2.34. The third-order valence-corrected chi connectivity index (χ3v) is 5.90. The Morgan fingerprint density at radius 2 is 1.87 bits per heavy atom. The number of benzene rings is 1. The minimum Gasteiger partial charge on any atom is -0.494 e. The highest BCUT2D eigenvalue weighted by molar-refractivity contribution is 8.11. The average molecular weight is 450 g/mol. The molecule has 170 valence electrons. The fraction of sp³-hybridized carbons (Fsp3) is 0.571. The van der Waals surface area contributed by atoms with Crippen molar-refractivity contribution in [1.82, 2.24) is 18.8 Å². The topological polar surface area (TPSA) is 88.9 Å². The van der Waals surface area contributed by atoms with E-state index in [1.54, 1.807) is 19.1 Å². The molecule has 1 amide bonds. The van der Waals surface area contributed by atoms with Gasteiger partial charge in [-0.3, -0.25) is 4.79 Å². The van der Waals surface area contributed by atoms with Crippen LogP contribution in [0.4, 0.5) is 15.3 Å². The summed E-state index contributed by atoms with van der Waals surface area (Å²) in [6, 6.07) is 3.45. The van der Waals surface area contributed by atoms with Crippen LogP contribution < -0.4 is 10.1 Å². The van der Waals surface area contributed by atoms with Crippen molar-refractivity contribution in [3.63, 3.8) is 0 Å². The molecule has 10 heteroatoms. The first-order valence-electron chi connectivity index (χ1n) is 10.3. The van der Waals surface area contributed by atoms with Gasteiger partial charge in [-0.05, 0) is 20.0 Å². The van der Waals surface area contributed by atoms with Crippen molar-refractivity contribution in [2.24, 2.45) is 0 Å². The summed E-state index contributed by atoms with van der Waals surface area (Å²) in [6.45, 7) is 11.4. The molecule has 0 bridgehead atoms. The molecule has 0 aliphatic carbocycles. The SMILES string of the molecule is CCOC(=O)n1c(C(C)(C)C)nc2cc(OC)c(NC(=O)SN3CCN(C)CC3)cc21. The van der Waals surface area contributed by atoms with Crippen molar-refractivity contribution < 1.29 is 19.1 Å². The van der Waals surface area contributed by atoms with Gasteiger partial charge in [0, 0.05) is 49.6 Å². The minimum atomic E-state index is -0.496. The summed E-state index contributed by atoms with van der Waals surface area (Å²) >= 11 is 1.16. The summed E-state index contributed by atoms with van der Waals surface area (Å²) in [5.74, 6) is 1.06. The van der Waals surface area contributed by atoms with Gasteiger partial charge in [0.15, 0.2) is 0 Å². The van der Waals surface area contributed by atoms with Crippen LogP contribution in [0.1, 0.15) is 33.5 Å². The lowest BCUT2D eigenvalue weighted by Gasteiger charge is -2.30. The standard InChI is InChI=1S/C21H31N5O4S/c1-7-30-20(28)26-16-12-15(23-19(27)31-25-10-8-24(5)9-11-25)17(29-6)13-14(16)22-18(26)21(2,3)4/h12-13H,7-11H2,1-6H3,(H,23,27). The zero-order chi connectivity index (χ0) is 22.8. The van der Waals surface area contributed by atoms with Gasteiger partial charge >= 0.3 is 6.09 Å². The first-order chi connectivity index (χ1) is 14.6. The fourth-order valence-electron chi connectivity index (χ4n) is 3.38.